The van der Waals surface area contributed by atoms with E-state index >= 15 is 0 Å². The van der Waals surface area contributed by atoms with E-state index in [1.807, 2.05) is 0 Å². The Balaban J connectivity index is 4.58. The molecule has 0 aliphatic rings. The van der Waals surface area contributed by atoms with Crippen LogP contribution in [0.4, 0.5) is 0 Å². The maximum atomic E-state index is 11.6. The minimum Gasteiger partial charge on any atom is -0.550 e. The van der Waals surface area contributed by atoms with Gasteiger partial charge in [-0.25, -0.2) is 0 Å². The number of nitrogens with zero attached hydrogens (tertiary/aromatic N) is 1. The van der Waals surface area contributed by atoms with Crippen LogP contribution < -0.4 is 5.11 Å². The summed E-state index contributed by atoms with van der Waals surface area (Å²) in [6.45, 7) is 8.19. The van der Waals surface area contributed by atoms with Crippen LogP contribution in [0, 0.1) is 17.8 Å². The number of carbonyl (C=O) groups is 3. The van der Waals surface area contributed by atoms with Crippen LogP contribution in [-0.4, -0.2) is 58.8 Å². The first-order chi connectivity index (χ1) is 17.0. The fraction of sp³-hybridized carbons (Fsp3) is 0.828. The van der Waals surface area contributed by atoms with Crippen LogP contribution in [0.1, 0.15) is 111 Å². The quantitative estimate of drug-likeness (QED) is 0.104. The van der Waals surface area contributed by atoms with E-state index in [4.69, 9.17) is 0 Å². The van der Waals surface area contributed by atoms with Gasteiger partial charge in [0, 0.05) is 11.9 Å². The average molecular weight is 512 g/mol. The molecule has 0 amide bonds. The van der Waals surface area contributed by atoms with Crippen LogP contribution in [0.3, 0.4) is 0 Å². The highest BCUT2D eigenvalue weighted by Crippen LogP contribution is 2.22. The van der Waals surface area contributed by atoms with Crippen LogP contribution in [0.15, 0.2) is 12.2 Å². The summed E-state index contributed by atoms with van der Waals surface area (Å²) >= 11 is 0. The zero-order valence-electron chi connectivity index (χ0n) is 23.4. The topological polar surface area (TPSA) is 115 Å². The minimum atomic E-state index is -1.18. The number of carbonyl (C=O) groups excluding carboxylic acids is 1. The van der Waals surface area contributed by atoms with E-state index in [0.717, 1.165) is 25.7 Å². The average Bonchev–Trinajstić information content (AvgIpc) is 2.81. The Labute approximate surface area is 219 Å². The highest BCUT2D eigenvalue weighted by molar-refractivity contribution is 5.70. The SMILES string of the molecule is CCCC/C=C/CCCCCCCCCCC[N+](CC(C)C(=O)[O-])(CC(C)C(=O)O)CC(C)C(=O)O. The molecule has 7 nitrogen and oxygen atoms in total. The van der Waals surface area contributed by atoms with Gasteiger partial charge in [0.05, 0.1) is 26.2 Å². The fourth-order valence-corrected chi connectivity index (χ4v) is 4.98. The summed E-state index contributed by atoms with van der Waals surface area (Å²) in [6, 6.07) is 0. The summed E-state index contributed by atoms with van der Waals surface area (Å²) in [4.78, 5) is 34.6. The van der Waals surface area contributed by atoms with Gasteiger partial charge in [-0.05, 0) is 46.0 Å². The molecule has 7 heteroatoms. The molecule has 0 radical (unpaired) electrons. The van der Waals surface area contributed by atoms with E-state index in [2.05, 4.69) is 19.1 Å². The smallest absolute Gasteiger partial charge is 0.311 e. The molecule has 0 saturated heterocycles. The number of hydrogen-bond donors (Lipinski definition) is 2. The van der Waals surface area contributed by atoms with Gasteiger partial charge >= 0.3 is 11.9 Å². The zero-order valence-corrected chi connectivity index (χ0v) is 23.4. The molecule has 0 heterocycles. The second kappa shape index (κ2) is 20.2. The third kappa shape index (κ3) is 16.7. The summed E-state index contributed by atoms with van der Waals surface area (Å²) < 4.78 is 0.184. The van der Waals surface area contributed by atoms with Gasteiger partial charge in [-0.2, -0.15) is 0 Å². The summed E-state index contributed by atoms with van der Waals surface area (Å²) in [6.07, 6.45) is 19.8. The molecule has 36 heavy (non-hydrogen) atoms. The van der Waals surface area contributed by atoms with Gasteiger partial charge in [0.25, 0.3) is 0 Å². The van der Waals surface area contributed by atoms with Crippen molar-refractivity contribution < 1.29 is 34.2 Å². The molecule has 0 aromatic carbocycles. The lowest BCUT2D eigenvalue weighted by Gasteiger charge is -2.43. The standard InChI is InChI=1S/C29H53NO6/c1-5-6-7-8-9-10-11-12-13-14-15-16-17-18-19-20-30(21-24(2)27(31)32,22-25(3)28(33)34)23-26(4)29(35)36/h8-9,24-26H,5-7,10-23H2,1-4H3,(H2-,31,32,33,34,35,36)/b9-8+. The van der Waals surface area contributed by atoms with Gasteiger partial charge in [-0.15, -0.1) is 0 Å². The molecule has 210 valence electrons. The maximum Gasteiger partial charge on any atom is 0.311 e. The van der Waals surface area contributed by atoms with Gasteiger partial charge in [0.1, 0.15) is 11.8 Å². The molecule has 0 bridgehead atoms. The highest BCUT2D eigenvalue weighted by atomic mass is 16.4. The van der Waals surface area contributed by atoms with E-state index < -0.39 is 35.7 Å². The molecule has 0 spiro atoms. The van der Waals surface area contributed by atoms with E-state index in [1.54, 1.807) is 20.8 Å². The molecule has 0 aromatic heterocycles. The van der Waals surface area contributed by atoms with Crippen molar-refractivity contribution in [3.05, 3.63) is 12.2 Å². The van der Waals surface area contributed by atoms with Crippen LogP contribution in [0.25, 0.3) is 0 Å². The number of allylic oxidation sites excluding steroid dienone is 2. The Morgan fingerprint density at radius 1 is 0.667 bits per heavy atom. The monoisotopic (exact) mass is 511 g/mol. The molecule has 0 aliphatic carbocycles. The van der Waals surface area contributed by atoms with Crippen molar-refractivity contribution in [3.8, 4) is 0 Å². The molecule has 3 unspecified atom stereocenters. The lowest BCUT2D eigenvalue weighted by molar-refractivity contribution is -0.934. The number of quaternary nitrogens is 1. The van der Waals surface area contributed by atoms with Gasteiger partial charge in [-0.1, -0.05) is 77.4 Å². The van der Waals surface area contributed by atoms with Crippen LogP contribution >= 0.6 is 0 Å². The van der Waals surface area contributed by atoms with E-state index in [0.29, 0.717) is 6.54 Å². The third-order valence-electron chi connectivity index (χ3n) is 7.12. The van der Waals surface area contributed by atoms with E-state index in [1.165, 1.54) is 57.8 Å². The Hall–Kier alpha value is -1.89. The van der Waals surface area contributed by atoms with Crippen LogP contribution in [0.2, 0.25) is 0 Å². The normalized spacial score (nSPS) is 15.9. The maximum absolute atomic E-state index is 11.6. The number of aliphatic carboxylic acids is 3. The molecule has 0 aromatic rings. The number of carboxylic acids is 3. The Bertz CT molecular complexity index is 593. The summed E-state index contributed by atoms with van der Waals surface area (Å²) in [5.74, 6) is -5.24. The van der Waals surface area contributed by atoms with Gasteiger partial charge in [-0.3, -0.25) is 9.59 Å². The van der Waals surface area contributed by atoms with Crippen molar-refractivity contribution in [1.29, 1.82) is 0 Å². The summed E-state index contributed by atoms with van der Waals surface area (Å²) in [5.41, 5.74) is 0. The first-order valence-corrected chi connectivity index (χ1v) is 14.2. The van der Waals surface area contributed by atoms with Crippen molar-refractivity contribution >= 4 is 17.9 Å². The molecule has 0 rings (SSSR count). The third-order valence-corrected chi connectivity index (χ3v) is 7.12. The first-order valence-electron chi connectivity index (χ1n) is 14.2. The lowest BCUT2D eigenvalue weighted by Crippen LogP contribution is -2.58. The Morgan fingerprint density at radius 3 is 1.47 bits per heavy atom. The molecule has 0 aliphatic heterocycles. The van der Waals surface area contributed by atoms with Crippen molar-refractivity contribution in [2.45, 2.75) is 111 Å². The van der Waals surface area contributed by atoms with E-state index in [-0.39, 0.29) is 24.1 Å². The van der Waals surface area contributed by atoms with Gasteiger partial charge in [0.15, 0.2) is 0 Å². The Kier molecular flexibility index (Phi) is 19.1. The molecule has 2 N–H and O–H groups in total. The first kappa shape index (κ1) is 34.1. The predicted molar refractivity (Wildman–Crippen MR) is 142 cm³/mol. The summed E-state index contributed by atoms with van der Waals surface area (Å²) in [7, 11) is 0. The van der Waals surface area contributed by atoms with Crippen molar-refractivity contribution in [2.24, 2.45) is 17.8 Å². The number of carboxylic acid groups (broad SMARTS) is 3. The second-order valence-corrected chi connectivity index (χ2v) is 10.9. The summed E-state index contributed by atoms with van der Waals surface area (Å²) in [5, 5.41) is 30.4. The number of rotatable bonds is 24. The van der Waals surface area contributed by atoms with Crippen LogP contribution in [0.5, 0.6) is 0 Å². The number of hydrogen-bond acceptors (Lipinski definition) is 4. The van der Waals surface area contributed by atoms with E-state index in [9.17, 15) is 29.7 Å². The predicted octanol–water partition coefficient (Wildman–Crippen LogP) is 5.28. The number of unbranched alkanes of at least 4 members (excludes halogenated alkanes) is 11. The molecule has 0 saturated carbocycles. The minimum absolute atomic E-state index is 0.184. The van der Waals surface area contributed by atoms with Crippen LogP contribution in [-0.2, 0) is 14.4 Å². The highest BCUT2D eigenvalue weighted by Gasteiger charge is 2.36. The van der Waals surface area contributed by atoms with Gasteiger partial charge < -0.3 is 24.6 Å². The lowest BCUT2D eigenvalue weighted by atomic mass is 10.00. The van der Waals surface area contributed by atoms with Crippen molar-refractivity contribution in [3.63, 3.8) is 0 Å². The fourth-order valence-electron chi connectivity index (χ4n) is 4.98. The van der Waals surface area contributed by atoms with Gasteiger partial charge in [0.2, 0.25) is 0 Å². The molecule has 0 fully saturated rings. The van der Waals surface area contributed by atoms with Crippen molar-refractivity contribution in [2.75, 3.05) is 26.2 Å². The molecule has 3 atom stereocenters. The van der Waals surface area contributed by atoms with Crippen molar-refractivity contribution in [1.82, 2.24) is 0 Å². The molecular weight excluding hydrogens is 458 g/mol. The zero-order chi connectivity index (χ0) is 27.4. The molecular formula is C29H53NO6. The Morgan fingerprint density at radius 2 is 1.06 bits per heavy atom. The second-order valence-electron chi connectivity index (χ2n) is 10.9. The largest absolute Gasteiger partial charge is 0.550 e.